The van der Waals surface area contributed by atoms with Crippen LogP contribution in [0.3, 0.4) is 0 Å². The molecule has 18 heavy (non-hydrogen) atoms. The van der Waals surface area contributed by atoms with Crippen LogP contribution in [0.5, 0.6) is 0 Å². The maximum atomic E-state index is 8.62. The van der Waals surface area contributed by atoms with Crippen LogP contribution in [0.15, 0.2) is 18.2 Å². The Hall–Kier alpha value is -1.24. The molecule has 1 saturated heterocycles. The highest BCUT2D eigenvalue weighted by Gasteiger charge is 2.20. The molecule has 0 radical (unpaired) electrons. The van der Waals surface area contributed by atoms with Gasteiger partial charge in [0.25, 0.3) is 0 Å². The highest BCUT2D eigenvalue weighted by molar-refractivity contribution is 6.30. The minimum atomic E-state index is 0.400. The van der Waals surface area contributed by atoms with Crippen molar-refractivity contribution in [3.05, 3.63) is 28.8 Å². The lowest BCUT2D eigenvalue weighted by molar-refractivity contribution is 0.439. The summed E-state index contributed by atoms with van der Waals surface area (Å²) in [6, 6.07) is 8.56. The van der Waals surface area contributed by atoms with E-state index in [1.807, 2.05) is 12.1 Å². The molecular formula is C14H18ClN3. The normalized spacial score (nSPS) is 19.6. The van der Waals surface area contributed by atoms with Crippen molar-refractivity contribution in [2.75, 3.05) is 24.5 Å². The molecule has 1 aromatic carbocycles. The van der Waals surface area contributed by atoms with Crippen molar-refractivity contribution in [1.29, 1.82) is 5.26 Å². The summed E-state index contributed by atoms with van der Waals surface area (Å²) in [7, 11) is 0. The van der Waals surface area contributed by atoms with E-state index in [2.05, 4.69) is 29.3 Å². The summed E-state index contributed by atoms with van der Waals surface area (Å²) in [4.78, 5) is 2.36. The van der Waals surface area contributed by atoms with Gasteiger partial charge in [-0.1, -0.05) is 17.7 Å². The zero-order valence-electron chi connectivity index (χ0n) is 10.6. The minimum absolute atomic E-state index is 0.400. The van der Waals surface area contributed by atoms with Crippen molar-refractivity contribution in [1.82, 2.24) is 5.32 Å². The van der Waals surface area contributed by atoms with E-state index < -0.39 is 0 Å². The number of rotatable bonds is 3. The van der Waals surface area contributed by atoms with Gasteiger partial charge in [-0.05, 0) is 37.5 Å². The first-order valence-corrected chi connectivity index (χ1v) is 6.70. The first-order valence-electron chi connectivity index (χ1n) is 6.32. The van der Waals surface area contributed by atoms with E-state index in [9.17, 15) is 0 Å². The van der Waals surface area contributed by atoms with Gasteiger partial charge in [0.2, 0.25) is 0 Å². The Bertz CT molecular complexity index is 453. The number of hydrogen-bond acceptors (Lipinski definition) is 3. The third-order valence-corrected chi connectivity index (χ3v) is 3.64. The summed E-state index contributed by atoms with van der Waals surface area (Å²) in [6.07, 6.45) is 2.28. The molecule has 0 bridgehead atoms. The highest BCUT2D eigenvalue weighted by atomic mass is 35.5. The van der Waals surface area contributed by atoms with Crippen molar-refractivity contribution in [2.24, 2.45) is 0 Å². The second kappa shape index (κ2) is 6.08. The summed E-state index contributed by atoms with van der Waals surface area (Å²) in [5, 5.41) is 12.7. The Labute approximate surface area is 113 Å². The van der Waals surface area contributed by atoms with E-state index in [0.717, 1.165) is 31.0 Å². The van der Waals surface area contributed by atoms with Gasteiger partial charge in [0.05, 0.1) is 12.6 Å². The molecule has 4 heteroatoms. The number of anilines is 1. The molecule has 1 fully saturated rings. The lowest BCUT2D eigenvalue weighted by Crippen LogP contribution is -2.46. The van der Waals surface area contributed by atoms with Gasteiger partial charge in [0, 0.05) is 29.8 Å². The molecule has 1 aromatic rings. The van der Waals surface area contributed by atoms with Gasteiger partial charge in [-0.2, -0.15) is 5.26 Å². The number of nitrogens with one attached hydrogen (secondary N) is 1. The molecular weight excluding hydrogens is 246 g/mol. The van der Waals surface area contributed by atoms with E-state index in [1.165, 1.54) is 11.3 Å². The molecule has 1 N–H and O–H groups in total. The molecule has 0 spiro atoms. The molecule has 1 atom stereocenters. The lowest BCUT2D eigenvalue weighted by Gasteiger charge is -2.35. The molecule has 0 saturated carbocycles. The topological polar surface area (TPSA) is 39.1 Å². The van der Waals surface area contributed by atoms with E-state index in [-0.39, 0.29) is 0 Å². The zero-order valence-corrected chi connectivity index (χ0v) is 11.4. The maximum absolute atomic E-state index is 8.62. The summed E-state index contributed by atoms with van der Waals surface area (Å²) in [5.41, 5.74) is 2.46. The van der Waals surface area contributed by atoms with Crippen LogP contribution in [0.4, 0.5) is 5.69 Å². The molecule has 2 rings (SSSR count). The fraction of sp³-hybridized carbons (Fsp3) is 0.500. The van der Waals surface area contributed by atoms with Crippen molar-refractivity contribution < 1.29 is 0 Å². The standard InChI is InChI=1S/C14H18ClN3/c1-11-4-5-12(15)9-14(11)18-8-2-3-13(10-18)17-7-6-16/h4-5,9,13,17H,2-3,7-8,10H2,1H3. The number of halogens is 1. The Balaban J connectivity index is 2.08. The summed E-state index contributed by atoms with van der Waals surface area (Å²) in [5.74, 6) is 0. The van der Waals surface area contributed by atoms with Crippen molar-refractivity contribution in [2.45, 2.75) is 25.8 Å². The Morgan fingerprint density at radius 1 is 1.56 bits per heavy atom. The van der Waals surface area contributed by atoms with E-state index in [4.69, 9.17) is 16.9 Å². The fourth-order valence-electron chi connectivity index (χ4n) is 2.48. The van der Waals surface area contributed by atoms with Crippen LogP contribution in [-0.4, -0.2) is 25.7 Å². The minimum Gasteiger partial charge on any atom is -0.370 e. The molecule has 1 aliphatic heterocycles. The van der Waals surface area contributed by atoms with Gasteiger partial charge >= 0.3 is 0 Å². The Kier molecular flexibility index (Phi) is 4.46. The van der Waals surface area contributed by atoms with Crippen molar-refractivity contribution in [3.8, 4) is 6.07 Å². The van der Waals surface area contributed by atoms with Crippen LogP contribution in [0, 0.1) is 18.3 Å². The van der Waals surface area contributed by atoms with Gasteiger partial charge in [-0.15, -0.1) is 0 Å². The summed E-state index contributed by atoms with van der Waals surface area (Å²) >= 11 is 6.07. The van der Waals surface area contributed by atoms with E-state index in [1.54, 1.807) is 0 Å². The Morgan fingerprint density at radius 3 is 3.17 bits per heavy atom. The molecule has 1 aliphatic rings. The monoisotopic (exact) mass is 263 g/mol. The molecule has 0 amide bonds. The molecule has 1 unspecified atom stereocenters. The number of aryl methyl sites for hydroxylation is 1. The number of benzene rings is 1. The molecule has 3 nitrogen and oxygen atoms in total. The number of nitriles is 1. The molecule has 1 heterocycles. The van der Waals surface area contributed by atoms with Crippen LogP contribution < -0.4 is 10.2 Å². The second-order valence-electron chi connectivity index (χ2n) is 4.75. The second-order valence-corrected chi connectivity index (χ2v) is 5.19. The van der Waals surface area contributed by atoms with Gasteiger partial charge in [0.1, 0.15) is 0 Å². The fourth-order valence-corrected chi connectivity index (χ4v) is 2.64. The highest BCUT2D eigenvalue weighted by Crippen LogP contribution is 2.26. The van der Waals surface area contributed by atoms with E-state index in [0.29, 0.717) is 12.6 Å². The number of hydrogen-bond donors (Lipinski definition) is 1. The van der Waals surface area contributed by atoms with Gasteiger partial charge in [0.15, 0.2) is 0 Å². The summed E-state index contributed by atoms with van der Waals surface area (Å²) in [6.45, 7) is 4.54. The quantitative estimate of drug-likeness (QED) is 0.853. The largest absolute Gasteiger partial charge is 0.370 e. The number of piperidine rings is 1. The molecule has 0 aromatic heterocycles. The van der Waals surface area contributed by atoms with Gasteiger partial charge in [-0.3, -0.25) is 5.32 Å². The Morgan fingerprint density at radius 2 is 2.39 bits per heavy atom. The third kappa shape index (κ3) is 3.16. The first-order chi connectivity index (χ1) is 8.70. The predicted octanol–water partition coefficient (Wildman–Crippen LogP) is 2.73. The van der Waals surface area contributed by atoms with Crippen molar-refractivity contribution in [3.63, 3.8) is 0 Å². The first kappa shape index (κ1) is 13.2. The number of nitrogens with zero attached hydrogens (tertiary/aromatic N) is 2. The van der Waals surface area contributed by atoms with Gasteiger partial charge in [-0.25, -0.2) is 0 Å². The van der Waals surface area contributed by atoms with Crippen LogP contribution in [-0.2, 0) is 0 Å². The smallest absolute Gasteiger partial charge is 0.0843 e. The van der Waals surface area contributed by atoms with E-state index >= 15 is 0 Å². The van der Waals surface area contributed by atoms with Gasteiger partial charge < -0.3 is 4.90 Å². The SMILES string of the molecule is Cc1ccc(Cl)cc1N1CCCC(NCC#N)C1. The zero-order chi connectivity index (χ0) is 13.0. The maximum Gasteiger partial charge on any atom is 0.0843 e. The van der Waals surface area contributed by atoms with Crippen LogP contribution in [0.2, 0.25) is 5.02 Å². The average molecular weight is 264 g/mol. The average Bonchev–Trinajstić information content (AvgIpc) is 2.39. The third-order valence-electron chi connectivity index (χ3n) is 3.40. The predicted molar refractivity (Wildman–Crippen MR) is 75.0 cm³/mol. The van der Waals surface area contributed by atoms with Crippen LogP contribution >= 0.6 is 11.6 Å². The molecule has 96 valence electrons. The molecule has 0 aliphatic carbocycles. The van der Waals surface area contributed by atoms with Crippen LogP contribution in [0.25, 0.3) is 0 Å². The van der Waals surface area contributed by atoms with Crippen LogP contribution in [0.1, 0.15) is 18.4 Å². The summed E-state index contributed by atoms with van der Waals surface area (Å²) < 4.78 is 0. The lowest BCUT2D eigenvalue weighted by atomic mass is 10.0. The van der Waals surface area contributed by atoms with Crippen molar-refractivity contribution >= 4 is 17.3 Å².